The highest BCUT2D eigenvalue weighted by Gasteiger charge is 2.38. The maximum atomic E-state index is 12.0. The van der Waals surface area contributed by atoms with Gasteiger partial charge in [-0.25, -0.2) is 9.48 Å². The Morgan fingerprint density at radius 2 is 2.23 bits per heavy atom. The Hall–Kier alpha value is -2.26. The van der Waals surface area contributed by atoms with Crippen LogP contribution >= 0.6 is 0 Å². The lowest BCUT2D eigenvalue weighted by molar-refractivity contribution is -0.0324. The van der Waals surface area contributed by atoms with Gasteiger partial charge in [-0.2, -0.15) is 0 Å². The zero-order valence-electron chi connectivity index (χ0n) is 12.3. The minimum Gasteiger partial charge on any atom is -0.394 e. The van der Waals surface area contributed by atoms with Crippen LogP contribution in [0.1, 0.15) is 29.9 Å². The van der Waals surface area contributed by atoms with Crippen LogP contribution in [0.5, 0.6) is 0 Å². The molecule has 1 aliphatic rings. The van der Waals surface area contributed by atoms with Crippen molar-refractivity contribution in [3.05, 3.63) is 44.5 Å². The third kappa shape index (κ3) is 2.38. The van der Waals surface area contributed by atoms with E-state index in [9.17, 15) is 14.7 Å². The summed E-state index contributed by atoms with van der Waals surface area (Å²) in [4.78, 5) is 25.7. The van der Waals surface area contributed by atoms with Crippen molar-refractivity contribution in [2.24, 2.45) is 0 Å². The summed E-state index contributed by atoms with van der Waals surface area (Å²) < 4.78 is 8.79. The minimum atomic E-state index is -0.575. The van der Waals surface area contributed by atoms with E-state index in [1.807, 2.05) is 6.92 Å². The number of aromatic amines is 1. The summed E-state index contributed by atoms with van der Waals surface area (Å²) in [6.07, 6.45) is 2.47. The lowest BCUT2D eigenvalue weighted by atomic mass is 10.1. The van der Waals surface area contributed by atoms with Gasteiger partial charge in [0, 0.05) is 18.2 Å². The van der Waals surface area contributed by atoms with E-state index in [4.69, 9.17) is 4.74 Å². The van der Waals surface area contributed by atoms with E-state index in [0.717, 1.165) is 5.69 Å². The molecule has 118 valence electrons. The molecule has 2 aromatic heterocycles. The zero-order valence-corrected chi connectivity index (χ0v) is 12.3. The molecule has 0 aromatic carbocycles. The zero-order chi connectivity index (χ0) is 15.9. The lowest BCUT2D eigenvalue weighted by Crippen LogP contribution is -2.33. The third-order valence-electron chi connectivity index (χ3n) is 3.91. The second-order valence-electron chi connectivity index (χ2n) is 5.41. The van der Waals surface area contributed by atoms with E-state index in [2.05, 4.69) is 15.3 Å². The Morgan fingerprint density at radius 1 is 1.45 bits per heavy atom. The fourth-order valence-electron chi connectivity index (χ4n) is 2.73. The summed E-state index contributed by atoms with van der Waals surface area (Å²) >= 11 is 0. The van der Waals surface area contributed by atoms with Gasteiger partial charge in [0.05, 0.1) is 24.5 Å². The number of H-pyrrole nitrogens is 1. The van der Waals surface area contributed by atoms with Crippen molar-refractivity contribution < 1.29 is 9.84 Å². The van der Waals surface area contributed by atoms with Crippen LogP contribution in [0.3, 0.4) is 0 Å². The maximum absolute atomic E-state index is 12.0. The number of rotatable bonds is 3. The highest BCUT2D eigenvalue weighted by atomic mass is 16.5. The average molecular weight is 307 g/mol. The molecule has 22 heavy (non-hydrogen) atoms. The Labute approximate surface area is 125 Å². The molecule has 1 aliphatic heterocycles. The first-order chi connectivity index (χ1) is 10.5. The van der Waals surface area contributed by atoms with Gasteiger partial charge < -0.3 is 9.84 Å². The summed E-state index contributed by atoms with van der Waals surface area (Å²) in [7, 11) is 0. The number of aliphatic hydroxyl groups is 1. The van der Waals surface area contributed by atoms with Crippen LogP contribution in [0.25, 0.3) is 0 Å². The molecule has 3 rings (SSSR count). The SMILES string of the molecule is Cc1cn([C@H]2C[C@H](n3nncc3C)[C@@H](CO)O2)c(=O)[nH]c1=O. The topological polar surface area (TPSA) is 115 Å². The van der Waals surface area contributed by atoms with Gasteiger partial charge >= 0.3 is 5.69 Å². The molecule has 0 bridgehead atoms. The molecule has 3 heterocycles. The molecule has 1 saturated heterocycles. The van der Waals surface area contributed by atoms with Crippen molar-refractivity contribution in [3.8, 4) is 0 Å². The number of nitrogens with zero attached hydrogens (tertiary/aromatic N) is 4. The molecular weight excluding hydrogens is 290 g/mol. The van der Waals surface area contributed by atoms with Gasteiger partial charge in [-0.1, -0.05) is 5.21 Å². The second kappa shape index (κ2) is 5.50. The molecule has 0 spiro atoms. The van der Waals surface area contributed by atoms with E-state index in [1.54, 1.807) is 17.8 Å². The number of ether oxygens (including phenoxy) is 1. The van der Waals surface area contributed by atoms with Crippen LogP contribution in [0, 0.1) is 13.8 Å². The van der Waals surface area contributed by atoms with Crippen LogP contribution in [0.2, 0.25) is 0 Å². The van der Waals surface area contributed by atoms with Gasteiger partial charge in [0.1, 0.15) is 12.3 Å². The molecule has 3 atom stereocenters. The van der Waals surface area contributed by atoms with Crippen LogP contribution in [-0.2, 0) is 4.74 Å². The van der Waals surface area contributed by atoms with Gasteiger partial charge in [0.15, 0.2) is 0 Å². The number of aliphatic hydroxyl groups excluding tert-OH is 1. The largest absolute Gasteiger partial charge is 0.394 e. The predicted octanol–water partition coefficient (Wildman–Crippen LogP) is -0.734. The van der Waals surface area contributed by atoms with Crippen LogP contribution in [0.15, 0.2) is 22.0 Å². The Morgan fingerprint density at radius 3 is 2.86 bits per heavy atom. The number of aryl methyl sites for hydroxylation is 2. The van der Waals surface area contributed by atoms with Crippen molar-refractivity contribution in [3.63, 3.8) is 0 Å². The first-order valence-electron chi connectivity index (χ1n) is 6.96. The predicted molar refractivity (Wildman–Crippen MR) is 75.5 cm³/mol. The van der Waals surface area contributed by atoms with E-state index in [0.29, 0.717) is 12.0 Å². The van der Waals surface area contributed by atoms with Gasteiger partial charge in [-0.05, 0) is 13.8 Å². The molecule has 0 amide bonds. The summed E-state index contributed by atoms with van der Waals surface area (Å²) in [6, 6.07) is -0.225. The van der Waals surface area contributed by atoms with Crippen LogP contribution < -0.4 is 11.2 Å². The first kappa shape index (κ1) is 14.7. The fraction of sp³-hybridized carbons (Fsp3) is 0.538. The van der Waals surface area contributed by atoms with Gasteiger partial charge in [-0.15, -0.1) is 5.10 Å². The minimum absolute atomic E-state index is 0.197. The van der Waals surface area contributed by atoms with E-state index < -0.39 is 23.6 Å². The van der Waals surface area contributed by atoms with E-state index >= 15 is 0 Å². The van der Waals surface area contributed by atoms with Crippen molar-refractivity contribution in [1.29, 1.82) is 0 Å². The number of hydrogen-bond donors (Lipinski definition) is 2. The summed E-state index contributed by atoms with van der Waals surface area (Å²) in [5.41, 5.74) is 0.316. The van der Waals surface area contributed by atoms with E-state index in [-0.39, 0.29) is 12.6 Å². The summed E-state index contributed by atoms with van der Waals surface area (Å²) in [5.74, 6) is 0. The lowest BCUT2D eigenvalue weighted by Gasteiger charge is -2.16. The molecule has 9 nitrogen and oxygen atoms in total. The number of hydrogen-bond acceptors (Lipinski definition) is 6. The molecule has 0 saturated carbocycles. The third-order valence-corrected chi connectivity index (χ3v) is 3.91. The Kier molecular flexibility index (Phi) is 3.67. The molecule has 2 N–H and O–H groups in total. The van der Waals surface area contributed by atoms with Crippen molar-refractivity contribution >= 4 is 0 Å². The Balaban J connectivity index is 1.95. The van der Waals surface area contributed by atoms with Crippen LogP contribution in [-0.4, -0.2) is 42.4 Å². The first-order valence-corrected chi connectivity index (χ1v) is 6.96. The molecular formula is C13H17N5O4. The van der Waals surface area contributed by atoms with Crippen molar-refractivity contribution in [1.82, 2.24) is 24.5 Å². The fourth-order valence-corrected chi connectivity index (χ4v) is 2.73. The normalized spacial score (nSPS) is 24.8. The standard InChI is InChI=1S/C13H17N5O4/c1-7-5-17(13(21)15-12(7)20)11-3-9(10(6-19)22-11)18-8(2)4-14-16-18/h4-5,9-11,19H,3,6H2,1-2H3,(H,15,20,21)/t9-,10+,11+/m0/s1. The second-order valence-corrected chi connectivity index (χ2v) is 5.41. The van der Waals surface area contributed by atoms with Gasteiger partial charge in [0.2, 0.25) is 0 Å². The Bertz CT molecular complexity index is 792. The highest BCUT2D eigenvalue weighted by Crippen LogP contribution is 2.35. The maximum Gasteiger partial charge on any atom is 0.330 e. The highest BCUT2D eigenvalue weighted by molar-refractivity contribution is 5.03. The number of nitrogens with one attached hydrogen (secondary N) is 1. The molecule has 0 radical (unpaired) electrons. The molecule has 2 aromatic rings. The van der Waals surface area contributed by atoms with Crippen molar-refractivity contribution in [2.45, 2.75) is 38.6 Å². The number of aromatic nitrogens is 5. The molecule has 0 unspecified atom stereocenters. The molecule has 9 heteroatoms. The molecule has 0 aliphatic carbocycles. The molecule has 1 fully saturated rings. The summed E-state index contributed by atoms with van der Waals surface area (Å²) in [5, 5.41) is 17.4. The van der Waals surface area contributed by atoms with Crippen LogP contribution in [0.4, 0.5) is 0 Å². The van der Waals surface area contributed by atoms with Gasteiger partial charge in [0.25, 0.3) is 5.56 Å². The van der Waals surface area contributed by atoms with Gasteiger partial charge in [-0.3, -0.25) is 14.3 Å². The average Bonchev–Trinajstić information content (AvgIpc) is 3.08. The summed E-state index contributed by atoms with van der Waals surface area (Å²) in [6.45, 7) is 3.28. The smallest absolute Gasteiger partial charge is 0.330 e. The van der Waals surface area contributed by atoms with E-state index in [1.165, 1.54) is 10.8 Å². The quantitative estimate of drug-likeness (QED) is 0.772. The monoisotopic (exact) mass is 307 g/mol. The van der Waals surface area contributed by atoms with Crippen molar-refractivity contribution in [2.75, 3.05) is 6.61 Å².